The Morgan fingerprint density at radius 2 is 2.00 bits per heavy atom. The van der Waals surface area contributed by atoms with Gasteiger partial charge < -0.3 is 14.8 Å². The first kappa shape index (κ1) is 17.5. The minimum absolute atomic E-state index is 0.230. The second-order valence-electron chi connectivity index (χ2n) is 5.90. The standard InChI is InChI=1S/C16H26BrNO2/c1-12(18-11-16(2,3)8-9-19-4)13-6-7-15(20-5)14(17)10-13/h6-7,10,12,18H,8-9,11H2,1-5H3. The predicted octanol–water partition coefficient (Wildman–Crippen LogP) is 4.17. The van der Waals surface area contributed by atoms with Crippen LogP contribution in [0, 0.1) is 5.41 Å². The molecule has 3 nitrogen and oxygen atoms in total. The third-order valence-corrected chi connectivity index (χ3v) is 4.17. The summed E-state index contributed by atoms with van der Waals surface area (Å²) in [6, 6.07) is 6.51. The first-order chi connectivity index (χ1) is 9.39. The van der Waals surface area contributed by atoms with Gasteiger partial charge in [-0.1, -0.05) is 19.9 Å². The van der Waals surface area contributed by atoms with Crippen molar-refractivity contribution in [2.45, 2.75) is 33.2 Å². The molecule has 1 rings (SSSR count). The Kier molecular flexibility index (Phi) is 7.00. The van der Waals surface area contributed by atoms with Crippen LogP contribution in [0.3, 0.4) is 0 Å². The van der Waals surface area contributed by atoms with Crippen molar-refractivity contribution in [3.8, 4) is 5.75 Å². The van der Waals surface area contributed by atoms with Crippen LogP contribution in [-0.4, -0.2) is 27.4 Å². The first-order valence-electron chi connectivity index (χ1n) is 6.95. The van der Waals surface area contributed by atoms with E-state index in [1.807, 2.05) is 6.07 Å². The summed E-state index contributed by atoms with van der Waals surface area (Å²) in [4.78, 5) is 0. The number of rotatable bonds is 8. The Balaban J connectivity index is 2.58. The molecule has 0 fully saturated rings. The van der Waals surface area contributed by atoms with Crippen LogP contribution in [0.4, 0.5) is 0 Å². The highest BCUT2D eigenvalue weighted by molar-refractivity contribution is 9.10. The van der Waals surface area contributed by atoms with Gasteiger partial charge in [-0.3, -0.25) is 0 Å². The highest BCUT2D eigenvalue weighted by Crippen LogP contribution is 2.28. The fourth-order valence-electron chi connectivity index (χ4n) is 1.97. The third kappa shape index (κ3) is 5.43. The van der Waals surface area contributed by atoms with Gasteiger partial charge in [0.05, 0.1) is 11.6 Å². The molecule has 0 radical (unpaired) electrons. The van der Waals surface area contributed by atoms with Crippen molar-refractivity contribution in [1.82, 2.24) is 5.32 Å². The van der Waals surface area contributed by atoms with Crippen molar-refractivity contribution in [3.05, 3.63) is 28.2 Å². The quantitative estimate of drug-likeness (QED) is 0.768. The summed E-state index contributed by atoms with van der Waals surface area (Å²) in [6.07, 6.45) is 1.05. The smallest absolute Gasteiger partial charge is 0.133 e. The zero-order valence-corrected chi connectivity index (χ0v) is 14.7. The normalized spacial score (nSPS) is 13.3. The van der Waals surface area contributed by atoms with Gasteiger partial charge in [0.15, 0.2) is 0 Å². The van der Waals surface area contributed by atoms with Crippen LogP contribution in [-0.2, 0) is 4.74 Å². The SMILES string of the molecule is COCCC(C)(C)CNC(C)c1ccc(OC)c(Br)c1. The number of halogens is 1. The van der Waals surface area contributed by atoms with Crippen LogP contribution in [0.5, 0.6) is 5.75 Å². The molecule has 4 heteroatoms. The van der Waals surface area contributed by atoms with Crippen molar-refractivity contribution in [3.63, 3.8) is 0 Å². The summed E-state index contributed by atoms with van der Waals surface area (Å²) in [5.74, 6) is 0.862. The average molecular weight is 344 g/mol. The molecule has 1 aromatic rings. The van der Waals surface area contributed by atoms with Crippen LogP contribution in [0.2, 0.25) is 0 Å². The van der Waals surface area contributed by atoms with Crippen LogP contribution >= 0.6 is 15.9 Å². The predicted molar refractivity (Wildman–Crippen MR) is 87.4 cm³/mol. The zero-order valence-electron chi connectivity index (χ0n) is 13.1. The fourth-order valence-corrected chi connectivity index (χ4v) is 2.52. The van der Waals surface area contributed by atoms with Gasteiger partial charge in [0.2, 0.25) is 0 Å². The topological polar surface area (TPSA) is 30.5 Å². The number of hydrogen-bond acceptors (Lipinski definition) is 3. The highest BCUT2D eigenvalue weighted by atomic mass is 79.9. The lowest BCUT2D eigenvalue weighted by Gasteiger charge is -2.27. The van der Waals surface area contributed by atoms with Gasteiger partial charge in [0.1, 0.15) is 5.75 Å². The molecule has 0 aliphatic carbocycles. The molecule has 0 saturated carbocycles. The number of nitrogens with one attached hydrogen (secondary N) is 1. The summed E-state index contributed by atoms with van der Waals surface area (Å²) in [5.41, 5.74) is 1.48. The maximum absolute atomic E-state index is 5.26. The van der Waals surface area contributed by atoms with Gasteiger partial charge in [-0.2, -0.15) is 0 Å². The number of ether oxygens (including phenoxy) is 2. The summed E-state index contributed by atoms with van der Waals surface area (Å²) in [7, 11) is 3.43. The molecule has 0 aliphatic rings. The van der Waals surface area contributed by atoms with E-state index in [1.54, 1.807) is 14.2 Å². The highest BCUT2D eigenvalue weighted by Gasteiger charge is 2.19. The van der Waals surface area contributed by atoms with E-state index in [1.165, 1.54) is 5.56 Å². The molecule has 1 unspecified atom stereocenters. The molecule has 1 atom stereocenters. The van der Waals surface area contributed by atoms with E-state index >= 15 is 0 Å². The molecule has 0 spiro atoms. The van der Waals surface area contributed by atoms with E-state index in [9.17, 15) is 0 Å². The van der Waals surface area contributed by atoms with E-state index in [2.05, 4.69) is 54.2 Å². The summed E-state index contributed by atoms with van der Waals surface area (Å²) < 4.78 is 11.4. The van der Waals surface area contributed by atoms with Crippen LogP contribution in [0.25, 0.3) is 0 Å². The summed E-state index contributed by atoms with van der Waals surface area (Å²) >= 11 is 3.53. The largest absolute Gasteiger partial charge is 0.496 e. The fraction of sp³-hybridized carbons (Fsp3) is 0.625. The van der Waals surface area contributed by atoms with Crippen molar-refractivity contribution >= 4 is 15.9 Å². The third-order valence-electron chi connectivity index (χ3n) is 3.55. The molecule has 0 bridgehead atoms. The lowest BCUT2D eigenvalue weighted by molar-refractivity contribution is 0.149. The molecule has 0 heterocycles. The van der Waals surface area contributed by atoms with Crippen molar-refractivity contribution in [1.29, 1.82) is 0 Å². The molecule has 114 valence electrons. The van der Waals surface area contributed by atoms with E-state index in [4.69, 9.17) is 9.47 Å². The van der Waals surface area contributed by atoms with Gasteiger partial charge >= 0.3 is 0 Å². The number of methoxy groups -OCH3 is 2. The van der Waals surface area contributed by atoms with Gasteiger partial charge in [0.25, 0.3) is 0 Å². The number of benzene rings is 1. The van der Waals surface area contributed by atoms with Gasteiger partial charge in [-0.15, -0.1) is 0 Å². The molecule has 1 N–H and O–H groups in total. The Labute approximate surface area is 131 Å². The Hall–Kier alpha value is -0.580. The molecular weight excluding hydrogens is 318 g/mol. The van der Waals surface area contributed by atoms with Gasteiger partial charge in [-0.05, 0) is 52.4 Å². The maximum Gasteiger partial charge on any atom is 0.133 e. The van der Waals surface area contributed by atoms with Gasteiger partial charge in [-0.25, -0.2) is 0 Å². The second kappa shape index (κ2) is 8.01. The number of hydrogen-bond donors (Lipinski definition) is 1. The molecular formula is C16H26BrNO2. The minimum Gasteiger partial charge on any atom is -0.496 e. The minimum atomic E-state index is 0.230. The van der Waals surface area contributed by atoms with E-state index in [-0.39, 0.29) is 5.41 Å². The second-order valence-corrected chi connectivity index (χ2v) is 6.76. The maximum atomic E-state index is 5.26. The monoisotopic (exact) mass is 343 g/mol. The van der Waals surface area contributed by atoms with Crippen LogP contribution < -0.4 is 10.1 Å². The Morgan fingerprint density at radius 3 is 2.55 bits per heavy atom. The van der Waals surface area contributed by atoms with Crippen LogP contribution in [0.1, 0.15) is 38.8 Å². The molecule has 1 aromatic carbocycles. The molecule has 0 saturated heterocycles. The molecule has 0 aromatic heterocycles. The van der Waals surface area contributed by atoms with E-state index < -0.39 is 0 Å². The zero-order chi connectivity index (χ0) is 15.2. The van der Waals surface area contributed by atoms with E-state index in [0.717, 1.165) is 29.8 Å². The Morgan fingerprint density at radius 1 is 1.30 bits per heavy atom. The molecule has 20 heavy (non-hydrogen) atoms. The van der Waals surface area contributed by atoms with Crippen molar-refractivity contribution in [2.24, 2.45) is 5.41 Å². The molecule has 0 amide bonds. The molecule has 0 aliphatic heterocycles. The van der Waals surface area contributed by atoms with E-state index in [0.29, 0.717) is 6.04 Å². The summed E-state index contributed by atoms with van der Waals surface area (Å²) in [5, 5.41) is 3.60. The summed E-state index contributed by atoms with van der Waals surface area (Å²) in [6.45, 7) is 8.46. The first-order valence-corrected chi connectivity index (χ1v) is 7.74. The van der Waals surface area contributed by atoms with Gasteiger partial charge in [0, 0.05) is 26.3 Å². The lowest BCUT2D eigenvalue weighted by atomic mass is 9.89. The van der Waals surface area contributed by atoms with Crippen molar-refractivity contribution in [2.75, 3.05) is 27.4 Å². The average Bonchev–Trinajstić information content (AvgIpc) is 2.42. The van der Waals surface area contributed by atoms with Crippen LogP contribution in [0.15, 0.2) is 22.7 Å². The lowest BCUT2D eigenvalue weighted by Crippen LogP contribution is -2.32. The van der Waals surface area contributed by atoms with Crippen molar-refractivity contribution < 1.29 is 9.47 Å². The Bertz CT molecular complexity index is 421.